The van der Waals surface area contributed by atoms with Crippen LogP contribution in [0.5, 0.6) is 0 Å². The van der Waals surface area contributed by atoms with E-state index in [2.05, 4.69) is 16.3 Å². The Balaban J connectivity index is 2.00. The first-order chi connectivity index (χ1) is 12.1. The van der Waals surface area contributed by atoms with Crippen LogP contribution in [0.25, 0.3) is 0 Å². The minimum atomic E-state index is -0.524. The second-order valence-corrected chi connectivity index (χ2v) is 5.34. The van der Waals surface area contributed by atoms with E-state index >= 15 is 0 Å². The molecule has 0 atom stereocenters. The Hall–Kier alpha value is -2.74. The Kier molecular flexibility index (Phi) is 6.64. The standard InChI is InChI=1S/C17H21N3O5/c1-3-10-25-11-7-15(21)19-8-4-9-20(19)16(22)14-6-5-13(12-18-14)17(23)24-2/h3,5-6,12H,1,4,7-11H2,2H3. The van der Waals surface area contributed by atoms with E-state index < -0.39 is 5.97 Å². The van der Waals surface area contributed by atoms with Gasteiger partial charge in [0.25, 0.3) is 5.91 Å². The normalized spacial score (nSPS) is 13.6. The predicted octanol–water partition coefficient (Wildman–Crippen LogP) is 1.05. The van der Waals surface area contributed by atoms with Crippen molar-refractivity contribution in [2.45, 2.75) is 12.8 Å². The smallest absolute Gasteiger partial charge is 0.339 e. The molecule has 0 bridgehead atoms. The van der Waals surface area contributed by atoms with Gasteiger partial charge in [-0.2, -0.15) is 0 Å². The van der Waals surface area contributed by atoms with Crippen LogP contribution < -0.4 is 0 Å². The first-order valence-corrected chi connectivity index (χ1v) is 7.93. The van der Waals surface area contributed by atoms with Crippen molar-refractivity contribution in [1.29, 1.82) is 0 Å². The molecule has 0 aliphatic carbocycles. The predicted molar refractivity (Wildman–Crippen MR) is 88.6 cm³/mol. The number of hydrogen-bond donors (Lipinski definition) is 0. The summed E-state index contributed by atoms with van der Waals surface area (Å²) in [6.07, 6.45) is 3.78. The average Bonchev–Trinajstić information content (AvgIpc) is 3.14. The third-order valence-corrected chi connectivity index (χ3v) is 3.65. The Bertz CT molecular complexity index is 644. The maximum absolute atomic E-state index is 12.6. The number of esters is 1. The van der Waals surface area contributed by atoms with Gasteiger partial charge in [0.2, 0.25) is 5.91 Å². The lowest BCUT2D eigenvalue weighted by molar-refractivity contribution is -0.141. The summed E-state index contributed by atoms with van der Waals surface area (Å²) in [6.45, 7) is 5.11. The zero-order valence-corrected chi connectivity index (χ0v) is 14.1. The molecule has 0 saturated carbocycles. The lowest BCUT2D eigenvalue weighted by Gasteiger charge is -2.27. The number of carbonyl (C=O) groups excluding carboxylic acids is 3. The highest BCUT2D eigenvalue weighted by Crippen LogP contribution is 2.16. The highest BCUT2D eigenvalue weighted by molar-refractivity contribution is 5.95. The molecule has 134 valence electrons. The monoisotopic (exact) mass is 347 g/mol. The number of amides is 2. The van der Waals surface area contributed by atoms with E-state index in [4.69, 9.17) is 4.74 Å². The van der Waals surface area contributed by atoms with Gasteiger partial charge < -0.3 is 9.47 Å². The molecular formula is C17H21N3O5. The van der Waals surface area contributed by atoms with Crippen LogP contribution in [0.4, 0.5) is 0 Å². The summed E-state index contributed by atoms with van der Waals surface area (Å²) < 4.78 is 9.81. The molecule has 1 aliphatic rings. The van der Waals surface area contributed by atoms with Gasteiger partial charge in [0, 0.05) is 19.3 Å². The molecule has 0 N–H and O–H groups in total. The fourth-order valence-corrected chi connectivity index (χ4v) is 2.43. The summed E-state index contributed by atoms with van der Waals surface area (Å²) in [5.74, 6) is -1.08. The van der Waals surface area contributed by atoms with Crippen molar-refractivity contribution in [1.82, 2.24) is 15.0 Å². The van der Waals surface area contributed by atoms with Crippen molar-refractivity contribution in [3.8, 4) is 0 Å². The van der Waals surface area contributed by atoms with Gasteiger partial charge in [0.15, 0.2) is 0 Å². The van der Waals surface area contributed by atoms with Crippen molar-refractivity contribution in [3.05, 3.63) is 42.2 Å². The van der Waals surface area contributed by atoms with Crippen molar-refractivity contribution >= 4 is 17.8 Å². The van der Waals surface area contributed by atoms with Crippen LogP contribution in [0.1, 0.15) is 33.7 Å². The topological polar surface area (TPSA) is 89.0 Å². The van der Waals surface area contributed by atoms with E-state index in [1.807, 2.05) is 0 Å². The number of carbonyl (C=O) groups is 3. The van der Waals surface area contributed by atoms with Crippen molar-refractivity contribution in [2.24, 2.45) is 0 Å². The number of rotatable bonds is 7. The molecule has 1 aliphatic heterocycles. The SMILES string of the molecule is C=CCOCCC(=O)N1CCCN1C(=O)c1ccc(C(=O)OC)cn1. The average molecular weight is 347 g/mol. The molecule has 2 heterocycles. The highest BCUT2D eigenvalue weighted by Gasteiger charge is 2.31. The fraction of sp³-hybridized carbons (Fsp3) is 0.412. The first-order valence-electron chi connectivity index (χ1n) is 7.93. The summed E-state index contributed by atoms with van der Waals surface area (Å²) in [5, 5.41) is 2.81. The van der Waals surface area contributed by atoms with Gasteiger partial charge in [-0.05, 0) is 18.6 Å². The molecule has 0 unspecified atom stereocenters. The summed E-state index contributed by atoms with van der Waals surface area (Å²) in [4.78, 5) is 40.3. The maximum Gasteiger partial charge on any atom is 0.339 e. The molecular weight excluding hydrogens is 326 g/mol. The van der Waals surface area contributed by atoms with Crippen molar-refractivity contribution < 1.29 is 23.9 Å². The molecule has 25 heavy (non-hydrogen) atoms. The van der Waals surface area contributed by atoms with Crippen LogP contribution in [-0.2, 0) is 14.3 Å². The van der Waals surface area contributed by atoms with Crippen molar-refractivity contribution in [2.75, 3.05) is 33.4 Å². The Morgan fingerprint density at radius 3 is 2.68 bits per heavy atom. The van der Waals surface area contributed by atoms with Crippen LogP contribution in [0, 0.1) is 0 Å². The van der Waals surface area contributed by atoms with E-state index in [0.717, 1.165) is 0 Å². The molecule has 0 aromatic carbocycles. The third kappa shape index (κ3) is 4.63. The van der Waals surface area contributed by atoms with Gasteiger partial charge in [-0.3, -0.25) is 19.6 Å². The van der Waals surface area contributed by atoms with Crippen LogP contribution in [0.3, 0.4) is 0 Å². The lowest BCUT2D eigenvalue weighted by atomic mass is 10.2. The fourth-order valence-electron chi connectivity index (χ4n) is 2.43. The summed E-state index contributed by atoms with van der Waals surface area (Å²) in [7, 11) is 1.27. The zero-order valence-electron chi connectivity index (χ0n) is 14.1. The van der Waals surface area contributed by atoms with E-state index in [9.17, 15) is 14.4 Å². The number of hydrogen-bond acceptors (Lipinski definition) is 6. The maximum atomic E-state index is 12.6. The molecule has 0 radical (unpaired) electrons. The lowest BCUT2D eigenvalue weighted by Crippen LogP contribution is -2.45. The Morgan fingerprint density at radius 1 is 1.28 bits per heavy atom. The van der Waals surface area contributed by atoms with Crippen LogP contribution in [0.15, 0.2) is 31.0 Å². The number of ether oxygens (including phenoxy) is 2. The van der Waals surface area contributed by atoms with Gasteiger partial charge in [0.05, 0.1) is 32.3 Å². The molecule has 8 nitrogen and oxygen atoms in total. The van der Waals surface area contributed by atoms with Crippen molar-refractivity contribution in [3.63, 3.8) is 0 Å². The second-order valence-electron chi connectivity index (χ2n) is 5.34. The minimum Gasteiger partial charge on any atom is -0.465 e. The van der Waals surface area contributed by atoms with E-state index in [1.165, 1.54) is 35.5 Å². The number of nitrogens with zero attached hydrogens (tertiary/aromatic N) is 3. The quantitative estimate of drug-likeness (QED) is 0.416. The molecule has 1 saturated heterocycles. The summed E-state index contributed by atoms with van der Waals surface area (Å²) in [6, 6.07) is 2.92. The number of methoxy groups -OCH3 is 1. The van der Waals surface area contributed by atoms with Gasteiger partial charge in [0.1, 0.15) is 5.69 Å². The molecule has 0 spiro atoms. The van der Waals surface area contributed by atoms with Gasteiger partial charge >= 0.3 is 5.97 Å². The number of aromatic nitrogens is 1. The number of hydrazine groups is 1. The minimum absolute atomic E-state index is 0.162. The van der Waals surface area contributed by atoms with E-state index in [-0.39, 0.29) is 36.1 Å². The zero-order chi connectivity index (χ0) is 18.2. The summed E-state index contributed by atoms with van der Waals surface area (Å²) >= 11 is 0. The van der Waals surface area contributed by atoms with Gasteiger partial charge in [-0.15, -0.1) is 6.58 Å². The van der Waals surface area contributed by atoms with Crippen LogP contribution in [-0.4, -0.2) is 66.2 Å². The van der Waals surface area contributed by atoms with Gasteiger partial charge in [-0.25, -0.2) is 9.80 Å². The molecule has 8 heteroatoms. The van der Waals surface area contributed by atoms with Crippen LogP contribution in [0.2, 0.25) is 0 Å². The molecule has 2 rings (SSSR count). The first kappa shape index (κ1) is 18.6. The third-order valence-electron chi connectivity index (χ3n) is 3.65. The molecule has 1 aromatic heterocycles. The Morgan fingerprint density at radius 2 is 2.04 bits per heavy atom. The number of pyridine rings is 1. The molecule has 1 aromatic rings. The van der Waals surface area contributed by atoms with E-state index in [1.54, 1.807) is 6.08 Å². The second kappa shape index (κ2) is 8.93. The molecule has 2 amide bonds. The van der Waals surface area contributed by atoms with E-state index in [0.29, 0.717) is 26.1 Å². The molecule has 1 fully saturated rings. The summed E-state index contributed by atoms with van der Waals surface area (Å²) in [5.41, 5.74) is 0.419. The largest absolute Gasteiger partial charge is 0.465 e. The Labute approximate surface area is 146 Å². The van der Waals surface area contributed by atoms with Crippen LogP contribution >= 0.6 is 0 Å². The highest BCUT2D eigenvalue weighted by atomic mass is 16.5. The van der Waals surface area contributed by atoms with Gasteiger partial charge in [-0.1, -0.05) is 6.08 Å².